The number of rotatable bonds is 2. The second-order valence-corrected chi connectivity index (χ2v) is 6.66. The Morgan fingerprint density at radius 1 is 1.11 bits per heavy atom. The van der Waals surface area contributed by atoms with Crippen LogP contribution in [0.5, 0.6) is 0 Å². The summed E-state index contributed by atoms with van der Waals surface area (Å²) in [5, 5.41) is 8.35. The summed E-state index contributed by atoms with van der Waals surface area (Å²) >= 11 is 0. The molecule has 3 heterocycles. The molecule has 2 aromatic heterocycles. The molecule has 142 valence electrons. The molecule has 1 unspecified atom stereocenters. The molecule has 10 heteroatoms. The minimum absolute atomic E-state index is 0.0768. The predicted molar refractivity (Wildman–Crippen MR) is 92.1 cm³/mol. The standard InChI is InChI=1S/C17H17F3N6O/c1-24-17(27)26-16(22-24)3-2-15(23-26)25-5-4-9(14(21)8-25)10-6-12(19)13(20)7-11(10)18/h2-3,6-7,9,14H,4-5,8,21H2,1H3/t9?,14-/m0/s1. The number of anilines is 1. The minimum atomic E-state index is -1.22. The fourth-order valence-electron chi connectivity index (χ4n) is 3.52. The van der Waals surface area contributed by atoms with Crippen LogP contribution in [0.15, 0.2) is 29.1 Å². The Morgan fingerprint density at radius 3 is 2.59 bits per heavy atom. The Kier molecular flexibility index (Phi) is 4.14. The number of aromatic nitrogens is 4. The van der Waals surface area contributed by atoms with Crippen LogP contribution in [0.2, 0.25) is 0 Å². The van der Waals surface area contributed by atoms with Gasteiger partial charge in [0.2, 0.25) is 0 Å². The Hall–Kier alpha value is -2.88. The zero-order chi connectivity index (χ0) is 19.3. The summed E-state index contributed by atoms with van der Waals surface area (Å²) in [4.78, 5) is 13.9. The van der Waals surface area contributed by atoms with E-state index >= 15 is 0 Å². The van der Waals surface area contributed by atoms with Crippen LogP contribution in [0.3, 0.4) is 0 Å². The highest BCUT2D eigenvalue weighted by atomic mass is 19.2. The number of hydrogen-bond acceptors (Lipinski definition) is 5. The van der Waals surface area contributed by atoms with Crippen LogP contribution in [0.4, 0.5) is 19.0 Å². The largest absolute Gasteiger partial charge is 0.366 e. The van der Waals surface area contributed by atoms with E-state index in [0.29, 0.717) is 37.0 Å². The van der Waals surface area contributed by atoms with Crippen molar-refractivity contribution in [3.8, 4) is 0 Å². The smallest absolute Gasteiger partial charge is 0.354 e. The lowest BCUT2D eigenvalue weighted by Gasteiger charge is -2.37. The normalized spacial score (nSPS) is 20.4. The fourth-order valence-corrected chi connectivity index (χ4v) is 3.52. The van der Waals surface area contributed by atoms with Crippen molar-refractivity contribution < 1.29 is 13.2 Å². The second-order valence-electron chi connectivity index (χ2n) is 6.66. The first-order chi connectivity index (χ1) is 12.8. The highest BCUT2D eigenvalue weighted by Crippen LogP contribution is 2.31. The van der Waals surface area contributed by atoms with Gasteiger partial charge >= 0.3 is 5.69 Å². The number of fused-ring (bicyclic) bond motifs is 1. The summed E-state index contributed by atoms with van der Waals surface area (Å²) in [5.41, 5.74) is 6.34. The summed E-state index contributed by atoms with van der Waals surface area (Å²) in [6, 6.07) is 4.32. The number of hydrogen-bond donors (Lipinski definition) is 1. The molecule has 0 bridgehead atoms. The molecule has 0 radical (unpaired) electrons. The van der Waals surface area contributed by atoms with Crippen LogP contribution < -0.4 is 16.3 Å². The average molecular weight is 378 g/mol. The molecule has 0 saturated carbocycles. The van der Waals surface area contributed by atoms with Crippen molar-refractivity contribution in [3.05, 3.63) is 57.8 Å². The van der Waals surface area contributed by atoms with E-state index in [1.165, 1.54) is 16.2 Å². The third-order valence-electron chi connectivity index (χ3n) is 4.93. The van der Waals surface area contributed by atoms with Crippen LogP contribution in [0, 0.1) is 17.5 Å². The lowest BCUT2D eigenvalue weighted by Crippen LogP contribution is -2.48. The van der Waals surface area contributed by atoms with Crippen molar-refractivity contribution in [2.45, 2.75) is 18.4 Å². The van der Waals surface area contributed by atoms with E-state index in [9.17, 15) is 18.0 Å². The summed E-state index contributed by atoms with van der Waals surface area (Å²) in [6.07, 6.45) is 0.435. The van der Waals surface area contributed by atoms with E-state index in [0.717, 1.165) is 6.07 Å². The third-order valence-corrected chi connectivity index (χ3v) is 4.93. The van der Waals surface area contributed by atoms with Gasteiger partial charge in [-0.25, -0.2) is 22.6 Å². The zero-order valence-corrected chi connectivity index (χ0v) is 14.4. The van der Waals surface area contributed by atoms with Crippen molar-refractivity contribution in [3.63, 3.8) is 0 Å². The first-order valence-corrected chi connectivity index (χ1v) is 8.43. The Labute approximate surface area is 151 Å². The van der Waals surface area contributed by atoms with Crippen LogP contribution >= 0.6 is 0 Å². The maximum absolute atomic E-state index is 14.1. The monoisotopic (exact) mass is 378 g/mol. The molecule has 1 aromatic carbocycles. The predicted octanol–water partition coefficient (Wildman–Crippen LogP) is 1.17. The molecule has 1 aliphatic heterocycles. The topological polar surface area (TPSA) is 81.4 Å². The number of halogens is 3. The number of nitrogens with two attached hydrogens (primary N) is 1. The Balaban J connectivity index is 1.59. The van der Waals surface area contributed by atoms with Gasteiger partial charge in [0.1, 0.15) is 11.6 Å². The van der Waals surface area contributed by atoms with Gasteiger partial charge < -0.3 is 10.6 Å². The average Bonchev–Trinajstić information content (AvgIpc) is 2.92. The van der Waals surface area contributed by atoms with Gasteiger partial charge in [0.05, 0.1) is 0 Å². The van der Waals surface area contributed by atoms with Gasteiger partial charge in [-0.1, -0.05) is 0 Å². The molecule has 4 rings (SSSR count). The lowest BCUT2D eigenvalue weighted by atomic mass is 9.85. The molecule has 0 spiro atoms. The summed E-state index contributed by atoms with van der Waals surface area (Å²) < 4.78 is 43.2. The zero-order valence-electron chi connectivity index (χ0n) is 14.4. The van der Waals surface area contributed by atoms with E-state index in [4.69, 9.17) is 5.73 Å². The summed E-state index contributed by atoms with van der Waals surface area (Å²) in [6.45, 7) is 0.806. The maximum Gasteiger partial charge on any atom is 0.366 e. The molecule has 2 N–H and O–H groups in total. The van der Waals surface area contributed by atoms with Crippen molar-refractivity contribution in [1.82, 2.24) is 19.4 Å². The van der Waals surface area contributed by atoms with Gasteiger partial charge in [0, 0.05) is 38.2 Å². The summed E-state index contributed by atoms with van der Waals surface area (Å²) in [7, 11) is 1.54. The van der Waals surface area contributed by atoms with Gasteiger partial charge in [0.15, 0.2) is 17.3 Å². The van der Waals surface area contributed by atoms with Gasteiger partial charge in [-0.2, -0.15) is 4.52 Å². The molecule has 0 amide bonds. The summed E-state index contributed by atoms with van der Waals surface area (Å²) in [5.74, 6) is -3.02. The first kappa shape index (κ1) is 17.5. The van der Waals surface area contributed by atoms with Gasteiger partial charge in [0.25, 0.3) is 0 Å². The number of aryl methyl sites for hydroxylation is 1. The van der Waals surface area contributed by atoms with E-state index in [2.05, 4.69) is 10.2 Å². The Morgan fingerprint density at radius 2 is 1.85 bits per heavy atom. The van der Waals surface area contributed by atoms with Crippen LogP contribution in [0.1, 0.15) is 17.9 Å². The molecule has 2 atom stereocenters. The van der Waals surface area contributed by atoms with Gasteiger partial charge in [-0.15, -0.1) is 10.2 Å². The second kappa shape index (κ2) is 6.38. The minimum Gasteiger partial charge on any atom is -0.354 e. The van der Waals surface area contributed by atoms with Gasteiger partial charge in [-0.3, -0.25) is 0 Å². The van der Waals surface area contributed by atoms with Crippen molar-refractivity contribution in [2.24, 2.45) is 12.8 Å². The molecule has 27 heavy (non-hydrogen) atoms. The third kappa shape index (κ3) is 2.95. The quantitative estimate of drug-likeness (QED) is 0.677. The number of benzene rings is 1. The molecule has 1 saturated heterocycles. The molecular weight excluding hydrogens is 361 g/mol. The van der Waals surface area contributed by atoms with E-state index in [-0.39, 0.29) is 11.3 Å². The highest BCUT2D eigenvalue weighted by Gasteiger charge is 2.31. The molecule has 0 aliphatic carbocycles. The SMILES string of the molecule is Cn1nc2ccc(N3CCC(c4cc(F)c(F)cc4F)[C@@H](N)C3)nn2c1=O. The number of piperidine rings is 1. The van der Waals surface area contributed by atoms with Crippen molar-refractivity contribution in [2.75, 3.05) is 18.0 Å². The van der Waals surface area contributed by atoms with Crippen LogP contribution in [-0.2, 0) is 7.05 Å². The van der Waals surface area contributed by atoms with Gasteiger partial charge in [-0.05, 0) is 30.2 Å². The van der Waals surface area contributed by atoms with Crippen LogP contribution in [0.25, 0.3) is 5.65 Å². The molecular formula is C17H17F3N6O. The van der Waals surface area contributed by atoms with Crippen molar-refractivity contribution >= 4 is 11.5 Å². The highest BCUT2D eigenvalue weighted by molar-refractivity contribution is 5.46. The van der Waals surface area contributed by atoms with E-state index < -0.39 is 29.4 Å². The number of nitrogens with zero attached hydrogens (tertiary/aromatic N) is 5. The lowest BCUT2D eigenvalue weighted by molar-refractivity contribution is 0.415. The van der Waals surface area contributed by atoms with E-state index in [1.807, 2.05) is 4.90 Å². The molecule has 7 nitrogen and oxygen atoms in total. The Bertz CT molecular complexity index is 1080. The van der Waals surface area contributed by atoms with Crippen molar-refractivity contribution in [1.29, 1.82) is 0 Å². The molecule has 1 aliphatic rings. The molecule has 3 aromatic rings. The first-order valence-electron chi connectivity index (χ1n) is 8.43. The molecule has 1 fully saturated rings. The van der Waals surface area contributed by atoms with E-state index in [1.54, 1.807) is 12.1 Å². The maximum atomic E-state index is 14.1. The fraction of sp³-hybridized carbons (Fsp3) is 0.353. The van der Waals surface area contributed by atoms with Crippen LogP contribution in [-0.4, -0.2) is 38.5 Å².